The number of H-pyrrole nitrogens is 1. The van der Waals surface area contributed by atoms with Gasteiger partial charge in [0.2, 0.25) is 0 Å². The molecule has 0 spiro atoms. The van der Waals surface area contributed by atoms with Crippen LogP contribution in [0.4, 0.5) is 0 Å². The lowest BCUT2D eigenvalue weighted by molar-refractivity contribution is 0.748. The highest BCUT2D eigenvalue weighted by Crippen LogP contribution is 2.37. The number of fused-ring (bicyclic) bond motifs is 1. The van der Waals surface area contributed by atoms with Crippen molar-refractivity contribution in [2.75, 3.05) is 6.54 Å². The van der Waals surface area contributed by atoms with Crippen LogP contribution in [0.25, 0.3) is 22.2 Å². The number of nitrogens with one attached hydrogen (secondary N) is 1. The summed E-state index contributed by atoms with van der Waals surface area (Å²) < 4.78 is 0. The van der Waals surface area contributed by atoms with Gasteiger partial charge in [0.05, 0.1) is 5.02 Å². The molecule has 2 nitrogen and oxygen atoms in total. The molecular formula is C19H20Cl2N2. The van der Waals surface area contributed by atoms with Gasteiger partial charge in [-0.3, -0.25) is 0 Å². The summed E-state index contributed by atoms with van der Waals surface area (Å²) in [4.78, 5) is 3.51. The van der Waals surface area contributed by atoms with Gasteiger partial charge in [0.15, 0.2) is 0 Å². The van der Waals surface area contributed by atoms with E-state index in [1.165, 1.54) is 16.7 Å². The summed E-state index contributed by atoms with van der Waals surface area (Å²) in [6.07, 6.45) is 2.99. The summed E-state index contributed by atoms with van der Waals surface area (Å²) >= 11 is 12.6. The Morgan fingerprint density at radius 3 is 2.48 bits per heavy atom. The van der Waals surface area contributed by atoms with Gasteiger partial charge in [0.25, 0.3) is 0 Å². The first-order valence-corrected chi connectivity index (χ1v) is 8.62. The smallest absolute Gasteiger partial charge is 0.0517 e. The molecule has 0 unspecified atom stereocenters. The fraction of sp³-hybridized carbons (Fsp3) is 0.263. The van der Waals surface area contributed by atoms with Crippen LogP contribution in [0.2, 0.25) is 10.0 Å². The molecule has 23 heavy (non-hydrogen) atoms. The van der Waals surface area contributed by atoms with Gasteiger partial charge in [-0.25, -0.2) is 0 Å². The lowest BCUT2D eigenvalue weighted by Crippen LogP contribution is -1.99. The van der Waals surface area contributed by atoms with Crippen molar-refractivity contribution in [3.63, 3.8) is 0 Å². The van der Waals surface area contributed by atoms with Crippen molar-refractivity contribution in [2.45, 2.75) is 26.2 Å². The minimum Gasteiger partial charge on any atom is -0.354 e. The molecule has 2 aromatic carbocycles. The normalized spacial score (nSPS) is 11.3. The first-order chi connectivity index (χ1) is 11.1. The summed E-state index contributed by atoms with van der Waals surface area (Å²) in [7, 11) is 0. The largest absolute Gasteiger partial charge is 0.354 e. The van der Waals surface area contributed by atoms with Gasteiger partial charge in [-0.2, -0.15) is 0 Å². The number of nitrogens with two attached hydrogens (primary N) is 1. The van der Waals surface area contributed by atoms with Crippen molar-refractivity contribution in [3.05, 3.63) is 57.6 Å². The van der Waals surface area contributed by atoms with E-state index < -0.39 is 0 Å². The Labute approximate surface area is 146 Å². The second kappa shape index (κ2) is 6.96. The van der Waals surface area contributed by atoms with Crippen LogP contribution in [0, 0.1) is 6.92 Å². The predicted octanol–water partition coefficient (Wildman–Crippen LogP) is 5.73. The standard InChI is InChI=1S/C19H20Cl2N2/c1-12-5-7-13(8-6-12)19-15(4-2-3-9-22)18-16(21)10-14(20)11-17(18)23-19/h5-8,10-11,23H,2-4,9,22H2,1H3. The number of rotatable bonds is 5. The summed E-state index contributed by atoms with van der Waals surface area (Å²) in [5.41, 5.74) is 11.4. The molecule has 0 saturated carbocycles. The molecule has 0 aliphatic rings. The average Bonchev–Trinajstić information content (AvgIpc) is 2.87. The second-order valence-corrected chi connectivity index (χ2v) is 6.74. The topological polar surface area (TPSA) is 41.8 Å². The van der Waals surface area contributed by atoms with Gasteiger partial charge < -0.3 is 10.7 Å². The van der Waals surface area contributed by atoms with Crippen molar-refractivity contribution in [3.8, 4) is 11.3 Å². The number of hydrogen-bond acceptors (Lipinski definition) is 1. The molecule has 4 heteroatoms. The molecule has 120 valence electrons. The highest BCUT2D eigenvalue weighted by Gasteiger charge is 2.16. The minimum atomic E-state index is 0.646. The number of aryl methyl sites for hydroxylation is 2. The molecule has 1 heterocycles. The van der Waals surface area contributed by atoms with Gasteiger partial charge >= 0.3 is 0 Å². The molecule has 0 radical (unpaired) electrons. The highest BCUT2D eigenvalue weighted by atomic mass is 35.5. The lowest BCUT2D eigenvalue weighted by Gasteiger charge is -2.06. The Hall–Kier alpha value is -1.48. The van der Waals surface area contributed by atoms with Crippen LogP contribution in [0.1, 0.15) is 24.0 Å². The fourth-order valence-electron chi connectivity index (χ4n) is 2.98. The lowest BCUT2D eigenvalue weighted by atomic mass is 9.99. The van der Waals surface area contributed by atoms with Crippen LogP contribution >= 0.6 is 23.2 Å². The van der Waals surface area contributed by atoms with Crippen LogP contribution in [0.15, 0.2) is 36.4 Å². The monoisotopic (exact) mass is 346 g/mol. The van der Waals surface area contributed by atoms with Crippen molar-refractivity contribution in [1.29, 1.82) is 0 Å². The van der Waals surface area contributed by atoms with Crippen LogP contribution in [-0.2, 0) is 6.42 Å². The summed E-state index contributed by atoms with van der Waals surface area (Å²) in [6, 6.07) is 12.3. The maximum atomic E-state index is 6.48. The predicted molar refractivity (Wildman–Crippen MR) is 100 cm³/mol. The molecule has 0 aliphatic heterocycles. The Kier molecular flexibility index (Phi) is 4.96. The molecule has 3 rings (SSSR count). The van der Waals surface area contributed by atoms with E-state index in [9.17, 15) is 0 Å². The average molecular weight is 347 g/mol. The van der Waals surface area contributed by atoms with E-state index in [1.54, 1.807) is 0 Å². The van der Waals surface area contributed by atoms with E-state index in [-0.39, 0.29) is 0 Å². The molecule has 0 amide bonds. The van der Waals surface area contributed by atoms with Gasteiger partial charge in [0, 0.05) is 21.6 Å². The first kappa shape index (κ1) is 16.4. The van der Waals surface area contributed by atoms with Crippen molar-refractivity contribution in [1.82, 2.24) is 4.98 Å². The third-order valence-electron chi connectivity index (χ3n) is 4.14. The molecule has 0 atom stereocenters. The molecule has 1 aromatic heterocycles. The highest BCUT2D eigenvalue weighted by molar-refractivity contribution is 6.39. The molecule has 3 aromatic rings. The van der Waals surface area contributed by atoms with E-state index in [0.29, 0.717) is 16.6 Å². The zero-order valence-electron chi connectivity index (χ0n) is 13.1. The van der Waals surface area contributed by atoms with Crippen LogP contribution in [-0.4, -0.2) is 11.5 Å². The van der Waals surface area contributed by atoms with E-state index >= 15 is 0 Å². The molecule has 0 bridgehead atoms. The molecule has 0 fully saturated rings. The third-order valence-corrected chi connectivity index (χ3v) is 4.66. The number of benzene rings is 2. The number of aromatic amines is 1. The quantitative estimate of drug-likeness (QED) is 0.569. The number of hydrogen-bond donors (Lipinski definition) is 2. The number of unbranched alkanes of at least 4 members (excludes halogenated alkanes) is 1. The van der Waals surface area contributed by atoms with Gasteiger partial charge in [0.1, 0.15) is 0 Å². The van der Waals surface area contributed by atoms with Crippen LogP contribution in [0.3, 0.4) is 0 Å². The van der Waals surface area contributed by atoms with E-state index in [4.69, 9.17) is 28.9 Å². The van der Waals surface area contributed by atoms with Crippen molar-refractivity contribution < 1.29 is 0 Å². The molecule has 0 aliphatic carbocycles. The van der Waals surface area contributed by atoms with Gasteiger partial charge in [-0.1, -0.05) is 53.0 Å². The summed E-state index contributed by atoms with van der Waals surface area (Å²) in [5.74, 6) is 0. The third kappa shape index (κ3) is 3.40. The van der Waals surface area contributed by atoms with Crippen molar-refractivity contribution >= 4 is 34.1 Å². The first-order valence-electron chi connectivity index (χ1n) is 7.87. The van der Waals surface area contributed by atoms with Crippen LogP contribution < -0.4 is 5.73 Å². The van der Waals surface area contributed by atoms with Crippen LogP contribution in [0.5, 0.6) is 0 Å². The van der Waals surface area contributed by atoms with Crippen molar-refractivity contribution in [2.24, 2.45) is 5.73 Å². The Morgan fingerprint density at radius 1 is 1.04 bits per heavy atom. The van der Waals surface area contributed by atoms with E-state index in [1.807, 2.05) is 12.1 Å². The Bertz CT molecular complexity index is 819. The number of halogens is 2. The van der Waals surface area contributed by atoms with E-state index in [2.05, 4.69) is 36.2 Å². The van der Waals surface area contributed by atoms with Gasteiger partial charge in [-0.15, -0.1) is 0 Å². The minimum absolute atomic E-state index is 0.646. The molecule has 0 saturated heterocycles. The second-order valence-electron chi connectivity index (χ2n) is 5.90. The Morgan fingerprint density at radius 2 is 1.78 bits per heavy atom. The van der Waals surface area contributed by atoms with Gasteiger partial charge in [-0.05, 0) is 56.0 Å². The zero-order valence-corrected chi connectivity index (χ0v) is 14.6. The van der Waals surface area contributed by atoms with E-state index in [0.717, 1.165) is 35.9 Å². The maximum absolute atomic E-state index is 6.48. The summed E-state index contributed by atoms with van der Waals surface area (Å²) in [5, 5.41) is 2.42. The summed E-state index contributed by atoms with van der Waals surface area (Å²) in [6.45, 7) is 2.80. The Balaban J connectivity index is 2.16. The molecular weight excluding hydrogens is 327 g/mol. The maximum Gasteiger partial charge on any atom is 0.0517 e. The zero-order chi connectivity index (χ0) is 16.4. The fourth-order valence-corrected chi connectivity index (χ4v) is 3.58. The number of aromatic nitrogens is 1. The SMILES string of the molecule is Cc1ccc(-c2[nH]c3cc(Cl)cc(Cl)c3c2CCCCN)cc1. The molecule has 3 N–H and O–H groups in total.